The normalized spacial score (nSPS) is 21.2. The van der Waals surface area contributed by atoms with Gasteiger partial charge in [0.05, 0.1) is 6.61 Å². The van der Waals surface area contributed by atoms with Crippen LogP contribution in [0.25, 0.3) is 0 Å². The number of aliphatic hydroxyl groups is 3. The number of hydrogen-bond donors (Lipinski definition) is 4. The molecule has 0 bridgehead atoms. The first-order valence-electron chi connectivity index (χ1n) is 21.4. The number of allylic oxidation sites excluding steroid dienone is 18. The maximum atomic E-state index is 12.8. The summed E-state index contributed by atoms with van der Waals surface area (Å²) in [6, 6.07) is 0. The van der Waals surface area contributed by atoms with E-state index >= 15 is 0 Å². The second-order valence-electron chi connectivity index (χ2n) is 14.2. The third-order valence-electron chi connectivity index (χ3n) is 8.86. The molecular weight excluding hydrogens is 789 g/mol. The summed E-state index contributed by atoms with van der Waals surface area (Å²) >= 11 is 0. The topological polar surface area (TPSA) is 186 Å². The SMILES string of the molecule is CC/C=C\C/C=C\C/C=C\C/C=C\C/C=C\CCCCCC(=O)OC(COC(=O)CC/C=C\C/C=C\C/C=C\C/C=C\CC)COC1OC(CS(=O)(=O)O)C(O)C(O)C1O. The summed E-state index contributed by atoms with van der Waals surface area (Å²) in [4.78, 5) is 25.3. The highest BCUT2D eigenvalue weighted by Gasteiger charge is 2.46. The first-order chi connectivity index (χ1) is 29.0. The van der Waals surface area contributed by atoms with Crippen molar-refractivity contribution in [2.24, 2.45) is 0 Å². The Balaban J connectivity index is 2.55. The molecule has 6 atom stereocenters. The van der Waals surface area contributed by atoms with Crippen LogP contribution in [0, 0.1) is 0 Å². The van der Waals surface area contributed by atoms with E-state index in [2.05, 4.69) is 105 Å². The van der Waals surface area contributed by atoms with E-state index < -0.39 is 71.2 Å². The molecule has 0 amide bonds. The maximum Gasteiger partial charge on any atom is 0.306 e. The van der Waals surface area contributed by atoms with Gasteiger partial charge in [-0.2, -0.15) is 8.42 Å². The third kappa shape index (κ3) is 30.4. The number of rotatable bonds is 33. The molecule has 1 heterocycles. The van der Waals surface area contributed by atoms with Gasteiger partial charge >= 0.3 is 11.9 Å². The second kappa shape index (κ2) is 36.0. The van der Waals surface area contributed by atoms with Crippen LogP contribution in [0.2, 0.25) is 0 Å². The Bertz CT molecular complexity index is 1520. The first kappa shape index (κ1) is 54.3. The Morgan fingerprint density at radius 2 is 1.03 bits per heavy atom. The molecule has 1 aliphatic heterocycles. The van der Waals surface area contributed by atoms with Crippen LogP contribution in [0.5, 0.6) is 0 Å². The Hall–Kier alpha value is -3.69. The van der Waals surface area contributed by atoms with Gasteiger partial charge in [0.2, 0.25) is 0 Å². The van der Waals surface area contributed by atoms with Gasteiger partial charge in [0.1, 0.15) is 36.8 Å². The largest absolute Gasteiger partial charge is 0.462 e. The molecule has 4 N–H and O–H groups in total. The van der Waals surface area contributed by atoms with Crippen LogP contribution < -0.4 is 0 Å². The van der Waals surface area contributed by atoms with Gasteiger partial charge in [-0.3, -0.25) is 14.1 Å². The predicted octanol–water partition coefficient (Wildman–Crippen LogP) is 8.44. The molecule has 1 fully saturated rings. The van der Waals surface area contributed by atoms with Gasteiger partial charge in [0.15, 0.2) is 12.4 Å². The Kier molecular flexibility index (Phi) is 32.6. The summed E-state index contributed by atoms with van der Waals surface area (Å²) in [6.45, 7) is 3.40. The van der Waals surface area contributed by atoms with Crippen molar-refractivity contribution < 1.29 is 56.8 Å². The molecule has 0 aromatic heterocycles. The molecule has 0 saturated carbocycles. The van der Waals surface area contributed by atoms with Crippen LogP contribution in [0.1, 0.15) is 117 Å². The fraction of sp³-hybridized carbons (Fsp3) is 0.574. The van der Waals surface area contributed by atoms with Crippen molar-refractivity contribution in [1.82, 2.24) is 0 Å². The second-order valence-corrected chi connectivity index (χ2v) is 15.7. The van der Waals surface area contributed by atoms with Gasteiger partial charge in [0, 0.05) is 12.8 Å². The molecule has 1 rings (SSSR count). The molecule has 0 radical (unpaired) electrons. The van der Waals surface area contributed by atoms with Crippen LogP contribution in [0.15, 0.2) is 109 Å². The summed E-state index contributed by atoms with van der Waals surface area (Å²) in [5.74, 6) is -2.15. The zero-order chi connectivity index (χ0) is 44.1. The molecule has 0 spiro atoms. The predicted molar refractivity (Wildman–Crippen MR) is 237 cm³/mol. The monoisotopic (exact) mass is 860 g/mol. The minimum absolute atomic E-state index is 0.0828. The molecule has 12 nitrogen and oxygen atoms in total. The summed E-state index contributed by atoms with van der Waals surface area (Å²) in [6.07, 6.45) is 40.1. The molecule has 13 heteroatoms. The highest BCUT2D eigenvalue weighted by molar-refractivity contribution is 7.85. The fourth-order valence-corrected chi connectivity index (χ4v) is 6.29. The summed E-state index contributed by atoms with van der Waals surface area (Å²) in [7, 11) is -4.62. The summed E-state index contributed by atoms with van der Waals surface area (Å²) < 4.78 is 53.9. The lowest BCUT2D eigenvalue weighted by atomic mass is 10.00. The van der Waals surface area contributed by atoms with Crippen molar-refractivity contribution >= 4 is 22.1 Å². The average Bonchev–Trinajstić information content (AvgIpc) is 3.21. The quantitative estimate of drug-likeness (QED) is 0.0214. The molecule has 0 aromatic rings. The van der Waals surface area contributed by atoms with Crippen LogP contribution in [0.3, 0.4) is 0 Å². The van der Waals surface area contributed by atoms with E-state index in [0.717, 1.165) is 77.0 Å². The van der Waals surface area contributed by atoms with Gasteiger partial charge in [-0.1, -0.05) is 130 Å². The summed E-state index contributed by atoms with van der Waals surface area (Å²) in [5.41, 5.74) is 0. The van der Waals surface area contributed by atoms with Crippen molar-refractivity contribution in [3.63, 3.8) is 0 Å². The lowest BCUT2D eigenvalue weighted by molar-refractivity contribution is -0.297. The molecule has 0 aliphatic carbocycles. The average molecular weight is 861 g/mol. The molecule has 338 valence electrons. The van der Waals surface area contributed by atoms with Gasteiger partial charge in [-0.15, -0.1) is 0 Å². The van der Waals surface area contributed by atoms with Crippen molar-refractivity contribution in [3.05, 3.63) is 109 Å². The fourth-order valence-electron chi connectivity index (χ4n) is 5.60. The van der Waals surface area contributed by atoms with Gasteiger partial charge < -0.3 is 34.3 Å². The third-order valence-corrected chi connectivity index (χ3v) is 9.61. The highest BCUT2D eigenvalue weighted by Crippen LogP contribution is 2.23. The number of unbranched alkanes of at least 4 members (excludes halogenated alkanes) is 3. The van der Waals surface area contributed by atoms with Crippen molar-refractivity contribution in [1.29, 1.82) is 0 Å². The summed E-state index contributed by atoms with van der Waals surface area (Å²) in [5, 5.41) is 30.8. The van der Waals surface area contributed by atoms with Crippen LogP contribution in [-0.2, 0) is 38.7 Å². The van der Waals surface area contributed by atoms with E-state index in [1.54, 1.807) is 0 Å². The number of esters is 2. The molecule has 1 saturated heterocycles. The minimum atomic E-state index is -4.62. The Morgan fingerprint density at radius 3 is 1.52 bits per heavy atom. The number of carbonyl (C=O) groups is 2. The molecule has 6 unspecified atom stereocenters. The lowest BCUT2D eigenvalue weighted by Gasteiger charge is -2.40. The van der Waals surface area contributed by atoms with E-state index in [1.807, 2.05) is 18.2 Å². The minimum Gasteiger partial charge on any atom is -0.462 e. The van der Waals surface area contributed by atoms with Crippen molar-refractivity contribution in [2.75, 3.05) is 19.0 Å². The van der Waals surface area contributed by atoms with Gasteiger partial charge in [0.25, 0.3) is 10.1 Å². The maximum absolute atomic E-state index is 12.8. The molecular formula is C47H72O12S. The number of aliphatic hydroxyl groups excluding tert-OH is 3. The Morgan fingerprint density at radius 1 is 0.567 bits per heavy atom. The van der Waals surface area contributed by atoms with Crippen LogP contribution in [-0.4, -0.2) is 96.0 Å². The number of hydrogen-bond acceptors (Lipinski definition) is 11. The smallest absolute Gasteiger partial charge is 0.306 e. The van der Waals surface area contributed by atoms with Gasteiger partial charge in [-0.25, -0.2) is 0 Å². The molecule has 0 aromatic carbocycles. The van der Waals surface area contributed by atoms with E-state index in [1.165, 1.54) is 0 Å². The van der Waals surface area contributed by atoms with E-state index in [4.69, 9.17) is 18.9 Å². The first-order valence-corrected chi connectivity index (χ1v) is 23.1. The van der Waals surface area contributed by atoms with E-state index in [9.17, 15) is 37.9 Å². The van der Waals surface area contributed by atoms with Crippen molar-refractivity contribution in [2.45, 2.75) is 153 Å². The van der Waals surface area contributed by atoms with E-state index in [0.29, 0.717) is 12.8 Å². The van der Waals surface area contributed by atoms with Crippen LogP contribution >= 0.6 is 0 Å². The standard InChI is InChI=1S/C47H72O12S/c1-3-5-7-9-11-13-15-17-18-19-20-21-22-24-26-28-30-32-34-36-43(49)58-40(38-57-47-46(52)45(51)44(50)41(59-47)39-60(53,54)55)37-56-42(48)35-33-31-29-27-25-23-16-14-12-10-8-6-4-2/h5-8,11-14,17-18,20-21,23-26,29,31,40-41,44-47,50-52H,3-4,9-10,15-16,19,22,27-28,30,32-39H2,1-2H3,(H,53,54,55)/b7-5-,8-6-,13-11-,14-12-,18-17-,21-20-,25-23-,26-24-,31-29-. The zero-order valence-electron chi connectivity index (χ0n) is 35.8. The molecule has 1 aliphatic rings. The van der Waals surface area contributed by atoms with Crippen molar-refractivity contribution in [3.8, 4) is 0 Å². The Labute approximate surface area is 359 Å². The zero-order valence-corrected chi connectivity index (χ0v) is 36.6. The molecule has 60 heavy (non-hydrogen) atoms. The highest BCUT2D eigenvalue weighted by atomic mass is 32.2. The number of ether oxygens (including phenoxy) is 4. The van der Waals surface area contributed by atoms with E-state index in [-0.39, 0.29) is 19.4 Å². The van der Waals surface area contributed by atoms with Crippen LogP contribution in [0.4, 0.5) is 0 Å². The number of carbonyl (C=O) groups excluding carboxylic acids is 2. The van der Waals surface area contributed by atoms with Gasteiger partial charge in [-0.05, 0) is 83.5 Å². The lowest BCUT2D eigenvalue weighted by Crippen LogP contribution is -2.60.